The number of hydrogen-bond donors (Lipinski definition) is 2. The first-order valence-electron chi connectivity index (χ1n) is 6.31. The Morgan fingerprint density at radius 1 is 1.38 bits per heavy atom. The number of phenolic OH excluding ortho intramolecular Hbond substituents is 1. The summed E-state index contributed by atoms with van der Waals surface area (Å²) < 4.78 is 0. The Labute approximate surface area is 97.7 Å². The van der Waals surface area contributed by atoms with Crippen LogP contribution in [0.15, 0.2) is 24.3 Å². The van der Waals surface area contributed by atoms with Crippen LogP contribution in [0.4, 0.5) is 0 Å². The molecule has 1 heterocycles. The number of piperidine rings is 1. The molecule has 2 rings (SSSR count). The van der Waals surface area contributed by atoms with Gasteiger partial charge in [-0.2, -0.15) is 0 Å². The molecular weight excluding hydrogens is 198 g/mol. The van der Waals surface area contributed by atoms with Crippen LogP contribution >= 0.6 is 0 Å². The topological polar surface area (TPSA) is 32.3 Å². The van der Waals surface area contributed by atoms with E-state index in [9.17, 15) is 5.11 Å². The summed E-state index contributed by atoms with van der Waals surface area (Å²) in [5.41, 5.74) is 1.35. The van der Waals surface area contributed by atoms with E-state index in [1.807, 2.05) is 12.1 Å². The molecule has 1 aliphatic heterocycles. The molecule has 1 fully saturated rings. The van der Waals surface area contributed by atoms with Crippen LogP contribution in [0.3, 0.4) is 0 Å². The molecule has 1 saturated heterocycles. The van der Waals surface area contributed by atoms with Gasteiger partial charge in [0, 0.05) is 5.54 Å². The standard InChI is InChI=1S/C14H21NO/c1-2-8-14(9-3-4-10-15-14)12-6-5-7-13(16)11-12/h5-7,11,15-16H,2-4,8-10H2,1H3. The average Bonchev–Trinajstić information content (AvgIpc) is 2.31. The SMILES string of the molecule is CCCC1(c2cccc(O)c2)CCCCN1. The molecule has 0 radical (unpaired) electrons. The van der Waals surface area contributed by atoms with Crippen LogP contribution < -0.4 is 5.32 Å². The van der Waals surface area contributed by atoms with Crippen LogP contribution in [0.25, 0.3) is 0 Å². The van der Waals surface area contributed by atoms with Gasteiger partial charge in [0.1, 0.15) is 5.75 Å². The Hall–Kier alpha value is -1.02. The Bertz CT molecular complexity index is 337. The van der Waals surface area contributed by atoms with E-state index in [4.69, 9.17) is 0 Å². The first-order chi connectivity index (χ1) is 7.77. The molecule has 2 N–H and O–H groups in total. The van der Waals surface area contributed by atoms with Crippen molar-refractivity contribution in [3.8, 4) is 5.75 Å². The minimum atomic E-state index is 0.103. The van der Waals surface area contributed by atoms with E-state index in [1.165, 1.54) is 31.2 Å². The zero-order chi connectivity index (χ0) is 11.4. The Balaban J connectivity index is 2.30. The molecule has 2 nitrogen and oxygen atoms in total. The Morgan fingerprint density at radius 3 is 2.88 bits per heavy atom. The van der Waals surface area contributed by atoms with Gasteiger partial charge >= 0.3 is 0 Å². The van der Waals surface area contributed by atoms with Crippen molar-refractivity contribution in [3.05, 3.63) is 29.8 Å². The van der Waals surface area contributed by atoms with Gasteiger partial charge in [0.05, 0.1) is 0 Å². The highest BCUT2D eigenvalue weighted by atomic mass is 16.3. The van der Waals surface area contributed by atoms with E-state index >= 15 is 0 Å². The van der Waals surface area contributed by atoms with Gasteiger partial charge in [0.25, 0.3) is 0 Å². The number of aromatic hydroxyl groups is 1. The molecule has 2 heteroatoms. The molecule has 16 heavy (non-hydrogen) atoms. The summed E-state index contributed by atoms with van der Waals surface area (Å²) in [4.78, 5) is 0. The molecule has 1 aromatic carbocycles. The van der Waals surface area contributed by atoms with Crippen molar-refractivity contribution in [1.82, 2.24) is 5.32 Å². The maximum Gasteiger partial charge on any atom is 0.115 e. The number of nitrogens with one attached hydrogen (secondary N) is 1. The van der Waals surface area contributed by atoms with Crippen LogP contribution in [0, 0.1) is 0 Å². The molecule has 0 aromatic heterocycles. The molecule has 0 spiro atoms. The van der Waals surface area contributed by atoms with Crippen molar-refractivity contribution in [2.45, 2.75) is 44.6 Å². The largest absolute Gasteiger partial charge is 0.508 e. The Kier molecular flexibility index (Phi) is 3.49. The minimum absolute atomic E-state index is 0.103. The maximum absolute atomic E-state index is 9.60. The quantitative estimate of drug-likeness (QED) is 0.818. The highest BCUT2D eigenvalue weighted by molar-refractivity contribution is 5.33. The van der Waals surface area contributed by atoms with Gasteiger partial charge in [-0.15, -0.1) is 0 Å². The monoisotopic (exact) mass is 219 g/mol. The average molecular weight is 219 g/mol. The summed E-state index contributed by atoms with van der Waals surface area (Å²) in [5, 5.41) is 13.3. The highest BCUT2D eigenvalue weighted by Gasteiger charge is 2.32. The predicted molar refractivity (Wildman–Crippen MR) is 66.5 cm³/mol. The fraction of sp³-hybridized carbons (Fsp3) is 0.571. The van der Waals surface area contributed by atoms with Crippen molar-refractivity contribution in [3.63, 3.8) is 0 Å². The van der Waals surface area contributed by atoms with E-state index in [-0.39, 0.29) is 5.54 Å². The molecule has 1 unspecified atom stereocenters. The number of hydrogen-bond acceptors (Lipinski definition) is 2. The lowest BCUT2D eigenvalue weighted by atomic mass is 9.79. The maximum atomic E-state index is 9.60. The van der Waals surface area contributed by atoms with E-state index in [2.05, 4.69) is 18.3 Å². The van der Waals surface area contributed by atoms with Crippen LogP contribution in [-0.4, -0.2) is 11.7 Å². The van der Waals surface area contributed by atoms with E-state index in [0.717, 1.165) is 13.0 Å². The molecule has 0 aliphatic carbocycles. The summed E-state index contributed by atoms with van der Waals surface area (Å²) in [6.45, 7) is 3.32. The molecule has 1 aromatic rings. The minimum Gasteiger partial charge on any atom is -0.508 e. The zero-order valence-electron chi connectivity index (χ0n) is 10.00. The predicted octanol–water partition coefficient (Wildman–Crippen LogP) is 3.16. The van der Waals surface area contributed by atoms with Gasteiger partial charge in [0.15, 0.2) is 0 Å². The summed E-state index contributed by atoms with van der Waals surface area (Å²) in [7, 11) is 0. The molecule has 0 bridgehead atoms. The van der Waals surface area contributed by atoms with Gasteiger partial charge in [-0.1, -0.05) is 31.9 Å². The second-order valence-electron chi connectivity index (χ2n) is 4.77. The van der Waals surface area contributed by atoms with Crippen molar-refractivity contribution < 1.29 is 5.11 Å². The Morgan fingerprint density at radius 2 is 2.25 bits per heavy atom. The van der Waals surface area contributed by atoms with Gasteiger partial charge in [-0.25, -0.2) is 0 Å². The normalized spacial score (nSPS) is 25.6. The first-order valence-corrected chi connectivity index (χ1v) is 6.31. The number of rotatable bonds is 3. The summed E-state index contributed by atoms with van der Waals surface area (Å²) in [6, 6.07) is 7.73. The fourth-order valence-corrected chi connectivity index (χ4v) is 2.80. The van der Waals surface area contributed by atoms with Crippen LogP contribution in [-0.2, 0) is 5.54 Å². The third-order valence-corrected chi connectivity index (χ3v) is 3.57. The second-order valence-corrected chi connectivity index (χ2v) is 4.77. The van der Waals surface area contributed by atoms with Crippen LogP contribution in [0.2, 0.25) is 0 Å². The lowest BCUT2D eigenvalue weighted by Crippen LogP contribution is -2.45. The molecule has 1 atom stereocenters. The van der Waals surface area contributed by atoms with Gasteiger partial charge in [-0.3, -0.25) is 0 Å². The third-order valence-electron chi connectivity index (χ3n) is 3.57. The molecule has 88 valence electrons. The second kappa shape index (κ2) is 4.88. The third kappa shape index (κ3) is 2.22. The summed E-state index contributed by atoms with van der Waals surface area (Å²) >= 11 is 0. The van der Waals surface area contributed by atoms with Crippen LogP contribution in [0.1, 0.15) is 44.6 Å². The van der Waals surface area contributed by atoms with Crippen molar-refractivity contribution in [2.24, 2.45) is 0 Å². The first kappa shape index (κ1) is 11.5. The summed E-state index contributed by atoms with van der Waals surface area (Å²) in [5.74, 6) is 0.375. The van der Waals surface area contributed by atoms with Crippen molar-refractivity contribution in [2.75, 3.05) is 6.54 Å². The smallest absolute Gasteiger partial charge is 0.115 e. The lowest BCUT2D eigenvalue weighted by Gasteiger charge is -2.39. The van der Waals surface area contributed by atoms with Gasteiger partial charge in [-0.05, 0) is 43.5 Å². The molecule has 0 saturated carbocycles. The van der Waals surface area contributed by atoms with Crippen LogP contribution in [0.5, 0.6) is 5.75 Å². The fourth-order valence-electron chi connectivity index (χ4n) is 2.80. The summed E-state index contributed by atoms with van der Waals surface area (Å²) in [6.07, 6.45) is 6.05. The van der Waals surface area contributed by atoms with E-state index in [1.54, 1.807) is 6.07 Å². The molecular formula is C14H21NO. The molecule has 0 amide bonds. The van der Waals surface area contributed by atoms with Gasteiger partial charge in [0.2, 0.25) is 0 Å². The van der Waals surface area contributed by atoms with Crippen molar-refractivity contribution >= 4 is 0 Å². The van der Waals surface area contributed by atoms with Gasteiger partial charge < -0.3 is 10.4 Å². The van der Waals surface area contributed by atoms with Crippen molar-refractivity contribution in [1.29, 1.82) is 0 Å². The molecule has 1 aliphatic rings. The zero-order valence-corrected chi connectivity index (χ0v) is 10.00. The van der Waals surface area contributed by atoms with E-state index < -0.39 is 0 Å². The lowest BCUT2D eigenvalue weighted by molar-refractivity contribution is 0.237. The van der Waals surface area contributed by atoms with E-state index in [0.29, 0.717) is 5.75 Å². The number of phenols is 1. The highest BCUT2D eigenvalue weighted by Crippen LogP contribution is 2.35. The number of benzene rings is 1.